The molecule has 1 heteroatoms. The van der Waals surface area contributed by atoms with Gasteiger partial charge in [-0.15, -0.1) is 0 Å². The van der Waals surface area contributed by atoms with Gasteiger partial charge in [-0.05, 0) is 38.3 Å². The highest BCUT2D eigenvalue weighted by atomic mass is 15.1. The molecule has 45 valence electrons. The van der Waals surface area contributed by atoms with Gasteiger partial charge in [0.15, 0.2) is 0 Å². The van der Waals surface area contributed by atoms with Gasteiger partial charge in [-0.2, -0.15) is 0 Å². The summed E-state index contributed by atoms with van der Waals surface area (Å²) < 4.78 is 0. The number of hydrogen-bond donors (Lipinski definition) is 0. The SMILES string of the molecule is C1C[C]2CCN(C1)C2. The van der Waals surface area contributed by atoms with E-state index in [-0.39, 0.29) is 0 Å². The van der Waals surface area contributed by atoms with Gasteiger partial charge in [-0.25, -0.2) is 0 Å². The Morgan fingerprint density at radius 3 is 2.88 bits per heavy atom. The molecule has 0 aromatic rings. The zero-order chi connectivity index (χ0) is 5.40. The second kappa shape index (κ2) is 1.73. The third-order valence-corrected chi connectivity index (χ3v) is 2.23. The molecule has 2 aliphatic heterocycles. The van der Waals surface area contributed by atoms with E-state index >= 15 is 0 Å². The highest BCUT2D eigenvalue weighted by molar-refractivity contribution is 5.02. The van der Waals surface area contributed by atoms with Gasteiger partial charge < -0.3 is 4.90 Å². The predicted octanol–water partition coefficient (Wildman–Crippen LogP) is 1.06. The Morgan fingerprint density at radius 2 is 2.12 bits per heavy atom. The van der Waals surface area contributed by atoms with E-state index in [1.54, 1.807) is 5.92 Å². The van der Waals surface area contributed by atoms with Crippen molar-refractivity contribution in [2.75, 3.05) is 19.6 Å². The average Bonchev–Trinajstić information content (AvgIpc) is 2.12. The summed E-state index contributed by atoms with van der Waals surface area (Å²) in [5.74, 6) is 1.80. The van der Waals surface area contributed by atoms with Crippen molar-refractivity contribution in [3.05, 3.63) is 5.92 Å². The minimum Gasteiger partial charge on any atom is -0.303 e. The first kappa shape index (κ1) is 4.80. The van der Waals surface area contributed by atoms with Gasteiger partial charge >= 0.3 is 0 Å². The van der Waals surface area contributed by atoms with Crippen LogP contribution in [0.25, 0.3) is 0 Å². The summed E-state index contributed by atoms with van der Waals surface area (Å²) in [6.07, 6.45) is 4.26. The van der Waals surface area contributed by atoms with E-state index in [1.165, 1.54) is 38.9 Å². The van der Waals surface area contributed by atoms with Crippen molar-refractivity contribution in [1.29, 1.82) is 0 Å². The highest BCUT2D eigenvalue weighted by Gasteiger charge is 2.25. The maximum absolute atomic E-state index is 2.55. The second-order valence-corrected chi connectivity index (χ2v) is 2.88. The summed E-state index contributed by atoms with van der Waals surface area (Å²) in [5, 5.41) is 0. The minimum atomic E-state index is 1.33. The quantitative estimate of drug-likeness (QED) is 0.450. The third-order valence-electron chi connectivity index (χ3n) is 2.23. The largest absolute Gasteiger partial charge is 0.303 e. The number of piperidine rings is 1. The molecule has 0 aromatic heterocycles. The Balaban J connectivity index is 2.03. The molecule has 2 fully saturated rings. The van der Waals surface area contributed by atoms with Crippen LogP contribution in [0.1, 0.15) is 19.3 Å². The lowest BCUT2D eigenvalue weighted by Gasteiger charge is -2.20. The van der Waals surface area contributed by atoms with Crippen LogP contribution in [0.3, 0.4) is 0 Å². The van der Waals surface area contributed by atoms with Crippen molar-refractivity contribution < 1.29 is 0 Å². The van der Waals surface area contributed by atoms with Gasteiger partial charge in [0, 0.05) is 6.54 Å². The van der Waals surface area contributed by atoms with Crippen molar-refractivity contribution in [2.24, 2.45) is 0 Å². The number of hydrogen-bond acceptors (Lipinski definition) is 1. The van der Waals surface area contributed by atoms with Crippen molar-refractivity contribution in [1.82, 2.24) is 4.90 Å². The van der Waals surface area contributed by atoms with E-state index < -0.39 is 0 Å². The van der Waals surface area contributed by atoms with Gasteiger partial charge in [0.25, 0.3) is 0 Å². The Kier molecular flexibility index (Phi) is 1.04. The van der Waals surface area contributed by atoms with Crippen LogP contribution in [0.5, 0.6) is 0 Å². The van der Waals surface area contributed by atoms with Gasteiger partial charge in [-0.1, -0.05) is 0 Å². The second-order valence-electron chi connectivity index (χ2n) is 2.88. The van der Waals surface area contributed by atoms with E-state index in [0.717, 1.165) is 0 Å². The van der Waals surface area contributed by atoms with E-state index in [2.05, 4.69) is 4.90 Å². The van der Waals surface area contributed by atoms with E-state index in [4.69, 9.17) is 0 Å². The van der Waals surface area contributed by atoms with Crippen LogP contribution in [0, 0.1) is 5.92 Å². The maximum Gasteiger partial charge on any atom is 0.00443 e. The minimum absolute atomic E-state index is 1.33. The number of nitrogens with zero attached hydrogens (tertiary/aromatic N) is 1. The fourth-order valence-corrected chi connectivity index (χ4v) is 1.74. The normalized spacial score (nSPS) is 38.2. The summed E-state index contributed by atoms with van der Waals surface area (Å²) in [6, 6.07) is 0. The van der Waals surface area contributed by atoms with Crippen LogP contribution >= 0.6 is 0 Å². The standard InChI is InChI=1S/C7H12N/c1-2-7-3-5-8(4-1)6-7/h1-6H2. The lowest BCUT2D eigenvalue weighted by atomic mass is 10.0. The zero-order valence-electron chi connectivity index (χ0n) is 5.19. The average molecular weight is 110 g/mol. The van der Waals surface area contributed by atoms with Gasteiger partial charge in [-0.3, -0.25) is 0 Å². The molecule has 0 saturated carbocycles. The fraction of sp³-hybridized carbons (Fsp3) is 0.857. The third kappa shape index (κ3) is 0.655. The van der Waals surface area contributed by atoms with Crippen molar-refractivity contribution in [2.45, 2.75) is 19.3 Å². The summed E-state index contributed by atoms with van der Waals surface area (Å²) in [6.45, 7) is 4.05. The number of rotatable bonds is 0. The molecule has 8 heavy (non-hydrogen) atoms. The van der Waals surface area contributed by atoms with E-state index in [1.807, 2.05) is 0 Å². The topological polar surface area (TPSA) is 3.24 Å². The summed E-state index contributed by atoms with van der Waals surface area (Å²) in [7, 11) is 0. The Morgan fingerprint density at radius 1 is 1.12 bits per heavy atom. The molecule has 0 aliphatic carbocycles. The molecule has 0 amide bonds. The van der Waals surface area contributed by atoms with Crippen LogP contribution in [0.15, 0.2) is 0 Å². The predicted molar refractivity (Wildman–Crippen MR) is 33.5 cm³/mol. The molecule has 2 rings (SSSR count). The molecule has 2 aliphatic rings. The zero-order valence-corrected chi connectivity index (χ0v) is 5.19. The Bertz CT molecular complexity index is 76.4. The van der Waals surface area contributed by atoms with Crippen LogP contribution in [-0.2, 0) is 0 Å². The lowest BCUT2D eigenvalue weighted by Crippen LogP contribution is -2.25. The lowest BCUT2D eigenvalue weighted by molar-refractivity contribution is 0.313. The van der Waals surface area contributed by atoms with Gasteiger partial charge in [0.2, 0.25) is 0 Å². The molecule has 2 saturated heterocycles. The Hall–Kier alpha value is -0.0400. The Labute approximate surface area is 50.7 Å². The fourth-order valence-electron chi connectivity index (χ4n) is 1.74. The molecule has 0 spiro atoms. The van der Waals surface area contributed by atoms with E-state index in [0.29, 0.717) is 0 Å². The van der Waals surface area contributed by atoms with Crippen LogP contribution in [0.4, 0.5) is 0 Å². The monoisotopic (exact) mass is 110 g/mol. The van der Waals surface area contributed by atoms with Crippen LogP contribution < -0.4 is 0 Å². The molecule has 2 bridgehead atoms. The van der Waals surface area contributed by atoms with Crippen LogP contribution in [-0.4, -0.2) is 24.5 Å². The number of fused-ring (bicyclic) bond motifs is 2. The van der Waals surface area contributed by atoms with Gasteiger partial charge in [0.05, 0.1) is 0 Å². The maximum atomic E-state index is 2.55. The molecule has 1 atom stereocenters. The first-order valence-corrected chi connectivity index (χ1v) is 3.51. The van der Waals surface area contributed by atoms with Gasteiger partial charge in [0.1, 0.15) is 0 Å². The van der Waals surface area contributed by atoms with Crippen molar-refractivity contribution in [3.63, 3.8) is 0 Å². The first-order valence-electron chi connectivity index (χ1n) is 3.51. The van der Waals surface area contributed by atoms with Crippen LogP contribution in [0.2, 0.25) is 0 Å². The summed E-state index contributed by atoms with van der Waals surface area (Å²) in [5.41, 5.74) is 0. The smallest absolute Gasteiger partial charge is 0.00443 e. The summed E-state index contributed by atoms with van der Waals surface area (Å²) >= 11 is 0. The molecular formula is C7H12N. The van der Waals surface area contributed by atoms with E-state index in [9.17, 15) is 0 Å². The molecule has 1 unspecified atom stereocenters. The molecular weight excluding hydrogens is 98.1 g/mol. The molecule has 1 radical (unpaired) electrons. The van der Waals surface area contributed by atoms with Crippen molar-refractivity contribution >= 4 is 0 Å². The summed E-state index contributed by atoms with van der Waals surface area (Å²) in [4.78, 5) is 2.55. The molecule has 0 aromatic carbocycles. The van der Waals surface area contributed by atoms with Crippen molar-refractivity contribution in [3.8, 4) is 0 Å². The molecule has 0 N–H and O–H groups in total. The molecule has 1 nitrogen and oxygen atoms in total. The highest BCUT2D eigenvalue weighted by Crippen LogP contribution is 2.27. The first-order chi connectivity index (χ1) is 3.95. The molecule has 2 heterocycles.